The molecule has 0 saturated carbocycles. The molecular formula is C18H25N3O5S. The molecule has 9 heteroatoms. The van der Waals surface area contributed by atoms with Crippen LogP contribution in [-0.4, -0.2) is 63.8 Å². The molecule has 1 aliphatic rings. The third-order valence-electron chi connectivity index (χ3n) is 3.95. The standard InChI is InChI=1S/C18H25N3O5S/c1-13(27-15-7-5-14(6-8-15)21(24)25)16(22)19-9-11-20(12-10-19)17(23)26-18(2,3)4/h5-8,13H,9-12H2,1-4H3. The van der Waals surface area contributed by atoms with Crippen LogP contribution < -0.4 is 0 Å². The van der Waals surface area contributed by atoms with Gasteiger partial charge in [-0.1, -0.05) is 0 Å². The number of nitro groups is 1. The topological polar surface area (TPSA) is 93.0 Å². The van der Waals surface area contributed by atoms with Crippen LogP contribution in [0.15, 0.2) is 29.2 Å². The number of rotatable bonds is 4. The van der Waals surface area contributed by atoms with Crippen LogP contribution in [0.3, 0.4) is 0 Å². The Labute approximate surface area is 163 Å². The van der Waals surface area contributed by atoms with Gasteiger partial charge in [0.05, 0.1) is 10.2 Å². The second-order valence-corrected chi connectivity index (χ2v) is 8.72. The quantitative estimate of drug-likeness (QED) is 0.442. The van der Waals surface area contributed by atoms with Crippen LogP contribution in [0.25, 0.3) is 0 Å². The van der Waals surface area contributed by atoms with Crippen LogP contribution in [-0.2, 0) is 9.53 Å². The minimum absolute atomic E-state index is 0.0119. The van der Waals surface area contributed by atoms with E-state index in [9.17, 15) is 19.7 Å². The zero-order valence-electron chi connectivity index (χ0n) is 16.0. The van der Waals surface area contributed by atoms with Gasteiger partial charge >= 0.3 is 6.09 Å². The number of benzene rings is 1. The first kappa shape index (κ1) is 21.0. The van der Waals surface area contributed by atoms with Gasteiger partial charge in [0.1, 0.15) is 5.60 Å². The molecule has 1 aromatic carbocycles. The molecule has 1 saturated heterocycles. The minimum Gasteiger partial charge on any atom is -0.444 e. The van der Waals surface area contributed by atoms with E-state index in [0.29, 0.717) is 26.2 Å². The number of thioether (sulfide) groups is 1. The predicted molar refractivity (Wildman–Crippen MR) is 103 cm³/mol. The van der Waals surface area contributed by atoms with Crippen molar-refractivity contribution >= 4 is 29.4 Å². The molecule has 1 aliphatic heterocycles. The van der Waals surface area contributed by atoms with Gasteiger partial charge in [-0.15, -0.1) is 11.8 Å². The van der Waals surface area contributed by atoms with E-state index in [0.717, 1.165) is 4.90 Å². The summed E-state index contributed by atoms with van der Waals surface area (Å²) in [5.41, 5.74) is -0.517. The Hall–Kier alpha value is -2.29. The number of non-ortho nitro benzene ring substituents is 1. The van der Waals surface area contributed by atoms with Gasteiger partial charge in [0.25, 0.3) is 5.69 Å². The van der Waals surface area contributed by atoms with Crippen LogP contribution >= 0.6 is 11.8 Å². The van der Waals surface area contributed by atoms with Gasteiger partial charge in [0, 0.05) is 43.2 Å². The second kappa shape index (κ2) is 8.60. The number of carbonyl (C=O) groups excluding carboxylic acids is 2. The van der Waals surface area contributed by atoms with Crippen LogP contribution in [0.5, 0.6) is 0 Å². The van der Waals surface area contributed by atoms with E-state index >= 15 is 0 Å². The summed E-state index contributed by atoms with van der Waals surface area (Å²) in [7, 11) is 0. The summed E-state index contributed by atoms with van der Waals surface area (Å²) < 4.78 is 5.36. The average molecular weight is 395 g/mol. The number of carbonyl (C=O) groups is 2. The number of ether oxygens (including phenoxy) is 1. The van der Waals surface area contributed by atoms with Crippen LogP contribution in [0, 0.1) is 10.1 Å². The number of hydrogen-bond donors (Lipinski definition) is 0. The van der Waals surface area contributed by atoms with Crippen LogP contribution in [0.4, 0.5) is 10.5 Å². The lowest BCUT2D eigenvalue weighted by molar-refractivity contribution is -0.384. The summed E-state index contributed by atoms with van der Waals surface area (Å²) in [6.45, 7) is 9.08. The minimum atomic E-state index is -0.542. The second-order valence-electron chi connectivity index (χ2n) is 7.30. The first-order valence-corrected chi connectivity index (χ1v) is 9.62. The fourth-order valence-corrected chi connectivity index (χ4v) is 3.55. The van der Waals surface area contributed by atoms with Gasteiger partial charge in [-0.25, -0.2) is 4.79 Å². The molecule has 8 nitrogen and oxygen atoms in total. The fraction of sp³-hybridized carbons (Fsp3) is 0.556. The monoisotopic (exact) mass is 395 g/mol. The summed E-state index contributed by atoms with van der Waals surface area (Å²) >= 11 is 1.36. The van der Waals surface area contributed by atoms with Crippen molar-refractivity contribution in [3.63, 3.8) is 0 Å². The molecule has 0 spiro atoms. The Morgan fingerprint density at radius 3 is 2.11 bits per heavy atom. The number of piperazine rings is 1. The normalized spacial score (nSPS) is 16.0. The predicted octanol–water partition coefficient (Wildman–Crippen LogP) is 3.15. The number of hydrogen-bond acceptors (Lipinski definition) is 6. The van der Waals surface area contributed by atoms with E-state index in [1.807, 2.05) is 27.7 Å². The smallest absolute Gasteiger partial charge is 0.410 e. The number of amides is 2. The van der Waals surface area contributed by atoms with Crippen LogP contribution in [0.1, 0.15) is 27.7 Å². The van der Waals surface area contributed by atoms with Gasteiger partial charge < -0.3 is 14.5 Å². The molecule has 2 amide bonds. The molecule has 0 radical (unpaired) electrons. The highest BCUT2D eigenvalue weighted by molar-refractivity contribution is 8.00. The van der Waals surface area contributed by atoms with Crippen molar-refractivity contribution in [2.24, 2.45) is 0 Å². The molecule has 1 unspecified atom stereocenters. The Balaban J connectivity index is 1.85. The molecule has 1 fully saturated rings. The molecule has 0 N–H and O–H groups in total. The summed E-state index contributed by atoms with van der Waals surface area (Å²) in [5, 5.41) is 10.4. The lowest BCUT2D eigenvalue weighted by atomic mass is 10.2. The fourth-order valence-electron chi connectivity index (χ4n) is 2.59. The summed E-state index contributed by atoms with van der Waals surface area (Å²) in [4.78, 5) is 39.1. The third kappa shape index (κ3) is 6.13. The molecule has 0 aliphatic carbocycles. The molecule has 27 heavy (non-hydrogen) atoms. The Bertz CT molecular complexity index is 694. The lowest BCUT2D eigenvalue weighted by Gasteiger charge is -2.36. The molecule has 1 atom stereocenters. The molecule has 1 aromatic rings. The van der Waals surface area contributed by atoms with Crippen molar-refractivity contribution in [2.45, 2.75) is 43.4 Å². The van der Waals surface area contributed by atoms with Gasteiger partial charge in [-0.2, -0.15) is 0 Å². The lowest BCUT2D eigenvalue weighted by Crippen LogP contribution is -2.53. The zero-order chi connectivity index (χ0) is 20.2. The Morgan fingerprint density at radius 2 is 1.63 bits per heavy atom. The maximum absolute atomic E-state index is 12.6. The van der Waals surface area contributed by atoms with E-state index in [1.54, 1.807) is 21.9 Å². The molecule has 2 rings (SSSR count). The number of nitro benzene ring substituents is 1. The molecular weight excluding hydrogens is 370 g/mol. The summed E-state index contributed by atoms with van der Waals surface area (Å²) in [5.74, 6) is -0.0119. The van der Waals surface area contributed by atoms with Gasteiger partial charge in [0.15, 0.2) is 0 Å². The van der Waals surface area contributed by atoms with Gasteiger partial charge in [-0.3, -0.25) is 14.9 Å². The molecule has 148 valence electrons. The van der Waals surface area contributed by atoms with Crippen molar-refractivity contribution in [2.75, 3.05) is 26.2 Å². The van der Waals surface area contributed by atoms with E-state index in [-0.39, 0.29) is 22.9 Å². The van der Waals surface area contributed by atoms with Crippen molar-refractivity contribution in [3.05, 3.63) is 34.4 Å². The summed E-state index contributed by atoms with van der Waals surface area (Å²) in [6, 6.07) is 6.15. The Morgan fingerprint density at radius 1 is 1.11 bits per heavy atom. The van der Waals surface area contributed by atoms with E-state index in [2.05, 4.69) is 0 Å². The van der Waals surface area contributed by atoms with Crippen molar-refractivity contribution in [1.82, 2.24) is 9.80 Å². The Kier molecular flexibility index (Phi) is 6.69. The first-order chi connectivity index (χ1) is 12.6. The van der Waals surface area contributed by atoms with Crippen molar-refractivity contribution in [1.29, 1.82) is 0 Å². The third-order valence-corrected chi connectivity index (χ3v) is 5.05. The highest BCUT2D eigenvalue weighted by Crippen LogP contribution is 2.26. The van der Waals surface area contributed by atoms with Crippen molar-refractivity contribution < 1.29 is 19.2 Å². The zero-order valence-corrected chi connectivity index (χ0v) is 16.8. The van der Waals surface area contributed by atoms with E-state index < -0.39 is 10.5 Å². The molecule has 1 heterocycles. The first-order valence-electron chi connectivity index (χ1n) is 8.74. The highest BCUT2D eigenvalue weighted by atomic mass is 32.2. The van der Waals surface area contributed by atoms with Gasteiger partial charge in [0.2, 0.25) is 5.91 Å². The van der Waals surface area contributed by atoms with E-state index in [1.165, 1.54) is 23.9 Å². The highest BCUT2D eigenvalue weighted by Gasteiger charge is 2.29. The van der Waals surface area contributed by atoms with Crippen molar-refractivity contribution in [3.8, 4) is 0 Å². The average Bonchev–Trinajstić information content (AvgIpc) is 2.60. The SMILES string of the molecule is CC(Sc1ccc([N+](=O)[O-])cc1)C(=O)N1CCN(C(=O)OC(C)(C)C)CC1. The number of nitrogens with zero attached hydrogens (tertiary/aromatic N) is 3. The maximum atomic E-state index is 12.6. The molecule has 0 bridgehead atoms. The molecule has 0 aromatic heterocycles. The largest absolute Gasteiger partial charge is 0.444 e. The maximum Gasteiger partial charge on any atom is 0.410 e. The van der Waals surface area contributed by atoms with Crippen LogP contribution in [0.2, 0.25) is 0 Å². The van der Waals surface area contributed by atoms with Gasteiger partial charge in [-0.05, 0) is 39.8 Å². The summed E-state index contributed by atoms with van der Waals surface area (Å²) in [6.07, 6.45) is -0.358. The van der Waals surface area contributed by atoms with E-state index in [4.69, 9.17) is 4.74 Å².